The minimum atomic E-state index is -4.09. The zero-order chi connectivity index (χ0) is 15.8. The molecule has 0 aliphatic heterocycles. The first-order valence-corrected chi connectivity index (χ1v) is 8.47. The summed E-state index contributed by atoms with van der Waals surface area (Å²) in [6.07, 6.45) is 0. The Morgan fingerprint density at radius 1 is 1.24 bits per heavy atom. The lowest BCUT2D eigenvalue weighted by Gasteiger charge is -2.12. The van der Waals surface area contributed by atoms with Crippen molar-refractivity contribution in [3.63, 3.8) is 0 Å². The average molecular weight is 414 g/mol. The van der Waals surface area contributed by atoms with Crippen LogP contribution in [0.4, 0.5) is 15.8 Å². The van der Waals surface area contributed by atoms with Crippen LogP contribution in [0.15, 0.2) is 39.7 Å². The largest absolute Gasteiger partial charge is 0.398 e. The van der Waals surface area contributed by atoms with Crippen LogP contribution >= 0.6 is 39.1 Å². The molecule has 0 radical (unpaired) electrons. The number of nitrogens with one attached hydrogen (secondary N) is 1. The van der Waals surface area contributed by atoms with Gasteiger partial charge in [0.1, 0.15) is 4.90 Å². The van der Waals surface area contributed by atoms with Crippen molar-refractivity contribution in [3.8, 4) is 0 Å². The third-order valence-electron chi connectivity index (χ3n) is 2.52. The molecule has 3 N–H and O–H groups in total. The Labute approximate surface area is 139 Å². The maximum atomic E-state index is 13.8. The van der Waals surface area contributed by atoms with Gasteiger partial charge in [0.25, 0.3) is 10.0 Å². The molecule has 0 heterocycles. The monoisotopic (exact) mass is 412 g/mol. The summed E-state index contributed by atoms with van der Waals surface area (Å²) in [5, 5.41) is -0.0532. The van der Waals surface area contributed by atoms with Gasteiger partial charge >= 0.3 is 0 Å². The molecule has 0 spiro atoms. The summed E-state index contributed by atoms with van der Waals surface area (Å²) < 4.78 is 40.7. The van der Waals surface area contributed by atoms with Crippen molar-refractivity contribution in [1.82, 2.24) is 0 Å². The first-order chi connectivity index (χ1) is 9.72. The number of halogens is 4. The Kier molecular flexibility index (Phi) is 4.67. The van der Waals surface area contributed by atoms with Crippen molar-refractivity contribution in [2.24, 2.45) is 0 Å². The molecule has 0 aliphatic rings. The number of benzene rings is 2. The van der Waals surface area contributed by atoms with Crippen molar-refractivity contribution >= 4 is 60.5 Å². The van der Waals surface area contributed by atoms with Crippen LogP contribution in [-0.4, -0.2) is 8.42 Å². The molecule has 2 rings (SSSR count). The van der Waals surface area contributed by atoms with Gasteiger partial charge in [-0.1, -0.05) is 29.3 Å². The lowest BCUT2D eigenvalue weighted by molar-refractivity contribution is 0.598. The van der Waals surface area contributed by atoms with Crippen LogP contribution in [0.3, 0.4) is 0 Å². The van der Waals surface area contributed by atoms with E-state index in [4.69, 9.17) is 28.9 Å². The Balaban J connectivity index is 2.51. The minimum absolute atomic E-state index is 0.141. The predicted molar refractivity (Wildman–Crippen MR) is 85.8 cm³/mol. The fourth-order valence-corrected chi connectivity index (χ4v) is 4.09. The van der Waals surface area contributed by atoms with E-state index in [1.165, 1.54) is 30.3 Å². The van der Waals surface area contributed by atoms with E-state index in [0.717, 1.165) is 0 Å². The van der Waals surface area contributed by atoms with Crippen molar-refractivity contribution in [1.29, 1.82) is 0 Å². The number of anilines is 2. The van der Waals surface area contributed by atoms with E-state index in [0.29, 0.717) is 0 Å². The lowest BCUT2D eigenvalue weighted by atomic mass is 10.3. The molecule has 0 atom stereocenters. The van der Waals surface area contributed by atoms with Crippen LogP contribution in [0, 0.1) is 5.82 Å². The average Bonchev–Trinajstić information content (AvgIpc) is 2.39. The normalized spacial score (nSPS) is 11.4. The van der Waals surface area contributed by atoms with E-state index in [1.807, 2.05) is 0 Å². The summed E-state index contributed by atoms with van der Waals surface area (Å²) in [5.41, 5.74) is 5.52. The van der Waals surface area contributed by atoms with Gasteiger partial charge in [0.2, 0.25) is 0 Å². The molecule has 0 bridgehead atoms. The highest BCUT2D eigenvalue weighted by Crippen LogP contribution is 2.33. The van der Waals surface area contributed by atoms with Crippen LogP contribution in [0.1, 0.15) is 0 Å². The van der Waals surface area contributed by atoms with Crippen molar-refractivity contribution in [3.05, 3.63) is 50.7 Å². The van der Waals surface area contributed by atoms with Gasteiger partial charge < -0.3 is 5.73 Å². The van der Waals surface area contributed by atoms with Gasteiger partial charge in [-0.3, -0.25) is 4.72 Å². The quantitative estimate of drug-likeness (QED) is 0.737. The Hall–Kier alpha value is -1.02. The third kappa shape index (κ3) is 3.42. The van der Waals surface area contributed by atoms with Crippen LogP contribution in [0.2, 0.25) is 10.0 Å². The molecule has 0 saturated heterocycles. The standard InChI is InChI=1S/C12H8BrCl2FN2O2S/c13-11-8(17)4-6(14)5-10(11)21(19,20)18-9-3-1-2-7(15)12(9)16/h1-5,18H,17H2. The highest BCUT2D eigenvalue weighted by molar-refractivity contribution is 9.10. The summed E-state index contributed by atoms with van der Waals surface area (Å²) in [6, 6.07) is 6.57. The SMILES string of the molecule is Nc1cc(Cl)cc(S(=O)(=O)Nc2cccc(Cl)c2F)c1Br. The number of sulfonamides is 1. The topological polar surface area (TPSA) is 72.2 Å². The smallest absolute Gasteiger partial charge is 0.263 e. The van der Waals surface area contributed by atoms with Gasteiger partial charge in [-0.05, 0) is 40.2 Å². The van der Waals surface area contributed by atoms with Gasteiger partial charge in [0.15, 0.2) is 5.82 Å². The lowest BCUT2D eigenvalue weighted by Crippen LogP contribution is -2.15. The summed E-state index contributed by atoms with van der Waals surface area (Å²) in [7, 11) is -4.09. The molecule has 2 aromatic rings. The van der Waals surface area contributed by atoms with Crippen molar-refractivity contribution in [2.45, 2.75) is 4.90 Å². The number of nitrogens with two attached hydrogens (primary N) is 1. The molecule has 0 amide bonds. The Morgan fingerprint density at radius 2 is 1.90 bits per heavy atom. The van der Waals surface area contributed by atoms with E-state index < -0.39 is 15.8 Å². The third-order valence-corrected chi connectivity index (χ3v) is 5.56. The van der Waals surface area contributed by atoms with Gasteiger partial charge in [-0.2, -0.15) is 0 Å². The first kappa shape index (κ1) is 16.4. The minimum Gasteiger partial charge on any atom is -0.398 e. The fourth-order valence-electron chi connectivity index (χ4n) is 1.56. The molecule has 0 unspecified atom stereocenters. The van der Waals surface area contributed by atoms with Crippen LogP contribution in [0.25, 0.3) is 0 Å². The second-order valence-electron chi connectivity index (χ2n) is 4.01. The zero-order valence-electron chi connectivity index (χ0n) is 10.2. The molecule has 2 aromatic carbocycles. The van der Waals surface area contributed by atoms with E-state index in [2.05, 4.69) is 20.7 Å². The van der Waals surface area contributed by atoms with Gasteiger partial charge in [0.05, 0.1) is 15.2 Å². The van der Waals surface area contributed by atoms with Crippen LogP contribution in [-0.2, 0) is 10.0 Å². The zero-order valence-corrected chi connectivity index (χ0v) is 14.1. The fraction of sp³-hybridized carbons (Fsp3) is 0. The van der Waals surface area contributed by atoms with Crippen molar-refractivity contribution in [2.75, 3.05) is 10.5 Å². The highest BCUT2D eigenvalue weighted by Gasteiger charge is 2.22. The second kappa shape index (κ2) is 6.00. The maximum Gasteiger partial charge on any atom is 0.263 e. The van der Waals surface area contributed by atoms with E-state index in [1.54, 1.807) is 0 Å². The summed E-state index contributed by atoms with van der Waals surface area (Å²) in [5.74, 6) is -0.867. The summed E-state index contributed by atoms with van der Waals surface area (Å²) >= 11 is 14.5. The molecular formula is C12H8BrCl2FN2O2S. The molecular weight excluding hydrogens is 406 g/mol. The molecule has 9 heteroatoms. The number of hydrogen-bond acceptors (Lipinski definition) is 3. The van der Waals surface area contributed by atoms with E-state index >= 15 is 0 Å². The summed E-state index contributed by atoms with van der Waals surface area (Å²) in [6.45, 7) is 0. The van der Waals surface area contributed by atoms with E-state index in [9.17, 15) is 12.8 Å². The maximum absolute atomic E-state index is 13.8. The highest BCUT2D eigenvalue weighted by atomic mass is 79.9. The molecule has 112 valence electrons. The van der Waals surface area contributed by atoms with Gasteiger partial charge in [-0.25, -0.2) is 12.8 Å². The second-order valence-corrected chi connectivity index (χ2v) is 7.30. The molecule has 0 saturated carbocycles. The van der Waals surface area contributed by atoms with Crippen molar-refractivity contribution < 1.29 is 12.8 Å². The first-order valence-electron chi connectivity index (χ1n) is 5.43. The molecule has 21 heavy (non-hydrogen) atoms. The molecule has 0 aliphatic carbocycles. The number of nitrogen functional groups attached to an aromatic ring is 1. The number of hydrogen-bond donors (Lipinski definition) is 2. The predicted octanol–water partition coefficient (Wildman–Crippen LogP) is 4.28. The number of rotatable bonds is 3. The Morgan fingerprint density at radius 3 is 2.57 bits per heavy atom. The van der Waals surface area contributed by atoms with Gasteiger partial charge in [-0.15, -0.1) is 0 Å². The molecule has 0 aromatic heterocycles. The Bertz CT molecular complexity index is 815. The van der Waals surface area contributed by atoms with Crippen LogP contribution < -0.4 is 10.5 Å². The molecule has 4 nitrogen and oxygen atoms in total. The van der Waals surface area contributed by atoms with Crippen LogP contribution in [0.5, 0.6) is 0 Å². The van der Waals surface area contributed by atoms with E-state index in [-0.39, 0.29) is 30.8 Å². The molecule has 0 fully saturated rings. The summed E-state index contributed by atoms with van der Waals surface area (Å²) in [4.78, 5) is -0.202. The van der Waals surface area contributed by atoms with Gasteiger partial charge in [0, 0.05) is 10.7 Å².